The summed E-state index contributed by atoms with van der Waals surface area (Å²) in [5.74, 6) is 0. The summed E-state index contributed by atoms with van der Waals surface area (Å²) in [6, 6.07) is 7.63. The van der Waals surface area contributed by atoms with Gasteiger partial charge in [0.2, 0.25) is 0 Å². The Labute approximate surface area is 73.3 Å². The summed E-state index contributed by atoms with van der Waals surface area (Å²) in [7, 11) is 0. The molecule has 12 heavy (non-hydrogen) atoms. The van der Waals surface area contributed by atoms with Gasteiger partial charge in [0.1, 0.15) is 0 Å². The van der Waals surface area contributed by atoms with Crippen LogP contribution in [0.5, 0.6) is 0 Å². The Kier molecular flexibility index (Phi) is 4.66. The molecule has 0 aromatic heterocycles. The lowest BCUT2D eigenvalue weighted by atomic mass is 10.1. The van der Waals surface area contributed by atoms with Crippen LogP contribution in [0.15, 0.2) is 18.2 Å². The lowest BCUT2D eigenvalue weighted by Gasteiger charge is -2.00. The summed E-state index contributed by atoms with van der Waals surface area (Å²) in [6.45, 7) is 6.44. The van der Waals surface area contributed by atoms with E-state index in [1.165, 1.54) is 22.7 Å². The third kappa shape index (κ3) is 3.13. The van der Waals surface area contributed by atoms with Gasteiger partial charge < -0.3 is 0 Å². The molecule has 0 atom stereocenters. The van der Waals surface area contributed by atoms with Gasteiger partial charge in [0.05, 0.1) is 6.01 Å². The Balaban J connectivity index is 0.000000354. The third-order valence-electron chi connectivity index (χ3n) is 1.88. The zero-order valence-corrected chi connectivity index (χ0v) is 7.73. The number of rotatable bonds is 0. The number of benzene rings is 1. The van der Waals surface area contributed by atoms with E-state index < -0.39 is 0 Å². The summed E-state index contributed by atoms with van der Waals surface area (Å²) in [4.78, 5) is 0. The molecule has 0 aliphatic heterocycles. The first kappa shape index (κ1) is 10.6. The second kappa shape index (κ2) is 5.28. The fourth-order valence-electron chi connectivity index (χ4n) is 0.898. The molecule has 0 fully saturated rings. The van der Waals surface area contributed by atoms with E-state index in [1.54, 1.807) is 0 Å². The van der Waals surface area contributed by atoms with E-state index >= 15 is 0 Å². The molecular formula is C10H14N2. The summed E-state index contributed by atoms with van der Waals surface area (Å²) in [5, 5.41) is 11.2. The van der Waals surface area contributed by atoms with Crippen LogP contribution in [0.3, 0.4) is 0 Å². The van der Waals surface area contributed by atoms with Crippen molar-refractivity contribution in [3.63, 3.8) is 0 Å². The van der Waals surface area contributed by atoms with Crippen LogP contribution in [-0.4, -0.2) is 6.01 Å². The van der Waals surface area contributed by atoms with E-state index in [0.29, 0.717) is 0 Å². The Morgan fingerprint density at radius 1 is 1.00 bits per heavy atom. The molecule has 2 heteroatoms. The first-order valence-corrected chi connectivity index (χ1v) is 3.74. The number of nitrogens with one attached hydrogen (secondary N) is 2. The first-order chi connectivity index (χ1) is 5.63. The molecule has 2 N–H and O–H groups in total. The summed E-state index contributed by atoms with van der Waals surface area (Å²) >= 11 is 0. The maximum atomic E-state index is 5.62. The van der Waals surface area contributed by atoms with Crippen molar-refractivity contribution in [1.82, 2.24) is 0 Å². The minimum absolute atomic E-state index is 1.25. The standard InChI is InChI=1S/C9H12.CH2N2/c1-7-5-4-6-8(2)9(7)3;2-1-3/h4-6H,1-3H3;2-3H. The van der Waals surface area contributed by atoms with Crippen LogP contribution in [0.2, 0.25) is 0 Å². The van der Waals surface area contributed by atoms with E-state index in [1.807, 2.05) is 0 Å². The van der Waals surface area contributed by atoms with Crippen molar-refractivity contribution in [1.29, 1.82) is 10.8 Å². The van der Waals surface area contributed by atoms with Crippen molar-refractivity contribution < 1.29 is 0 Å². The highest BCUT2D eigenvalue weighted by Crippen LogP contribution is 2.09. The highest BCUT2D eigenvalue weighted by molar-refractivity contribution is 5.31. The highest BCUT2D eigenvalue weighted by Gasteiger charge is 1.91. The van der Waals surface area contributed by atoms with E-state index in [9.17, 15) is 0 Å². The SMILES string of the molecule is Cc1cccc(C)c1C.N=C=N. The molecule has 0 aliphatic carbocycles. The van der Waals surface area contributed by atoms with E-state index in [-0.39, 0.29) is 0 Å². The van der Waals surface area contributed by atoms with Crippen LogP contribution < -0.4 is 0 Å². The molecular weight excluding hydrogens is 148 g/mol. The lowest BCUT2D eigenvalue weighted by Crippen LogP contribution is -1.82. The number of hydrogen-bond acceptors (Lipinski definition) is 2. The van der Waals surface area contributed by atoms with Crippen molar-refractivity contribution in [3.8, 4) is 0 Å². The molecule has 1 aromatic rings. The van der Waals surface area contributed by atoms with E-state index in [0.717, 1.165) is 0 Å². The Hall–Kier alpha value is -1.40. The van der Waals surface area contributed by atoms with Gasteiger partial charge in [0.25, 0.3) is 0 Å². The molecule has 1 rings (SSSR count). The zero-order valence-electron chi connectivity index (χ0n) is 7.73. The van der Waals surface area contributed by atoms with Crippen molar-refractivity contribution in [2.75, 3.05) is 0 Å². The second-order valence-corrected chi connectivity index (χ2v) is 2.64. The number of aryl methyl sites for hydroxylation is 2. The van der Waals surface area contributed by atoms with Gasteiger partial charge in [-0.25, -0.2) is 10.8 Å². The third-order valence-corrected chi connectivity index (χ3v) is 1.88. The van der Waals surface area contributed by atoms with Gasteiger partial charge in [-0.15, -0.1) is 0 Å². The van der Waals surface area contributed by atoms with Crippen molar-refractivity contribution >= 4 is 6.01 Å². The second-order valence-electron chi connectivity index (χ2n) is 2.64. The minimum atomic E-state index is 1.25. The van der Waals surface area contributed by atoms with Crippen LogP contribution in [0.25, 0.3) is 0 Å². The highest BCUT2D eigenvalue weighted by atomic mass is 14.4. The Bertz CT molecular complexity index is 264. The molecule has 0 saturated heterocycles. The largest absolute Gasteiger partial charge is 0.242 e. The maximum absolute atomic E-state index is 5.62. The van der Waals surface area contributed by atoms with Crippen molar-refractivity contribution in [2.24, 2.45) is 0 Å². The molecule has 64 valence electrons. The van der Waals surface area contributed by atoms with E-state index in [4.69, 9.17) is 10.8 Å². The lowest BCUT2D eigenvalue weighted by molar-refractivity contribution is 1.27. The fourth-order valence-corrected chi connectivity index (χ4v) is 0.898. The van der Waals surface area contributed by atoms with Crippen LogP contribution >= 0.6 is 0 Å². The molecule has 0 amide bonds. The van der Waals surface area contributed by atoms with Gasteiger partial charge in [0.15, 0.2) is 0 Å². The zero-order chi connectivity index (χ0) is 9.56. The summed E-state index contributed by atoms with van der Waals surface area (Å²) < 4.78 is 0. The molecule has 0 saturated carbocycles. The smallest absolute Gasteiger partial charge is 0.0831 e. The molecule has 2 nitrogen and oxygen atoms in total. The molecule has 0 heterocycles. The van der Waals surface area contributed by atoms with Gasteiger partial charge in [-0.1, -0.05) is 18.2 Å². The molecule has 0 aliphatic rings. The average molecular weight is 162 g/mol. The molecule has 0 bridgehead atoms. The fraction of sp³-hybridized carbons (Fsp3) is 0.300. The monoisotopic (exact) mass is 162 g/mol. The predicted molar refractivity (Wildman–Crippen MR) is 51.1 cm³/mol. The maximum Gasteiger partial charge on any atom is 0.0831 e. The van der Waals surface area contributed by atoms with Crippen molar-refractivity contribution in [3.05, 3.63) is 34.9 Å². The van der Waals surface area contributed by atoms with Gasteiger partial charge in [-0.2, -0.15) is 0 Å². The Morgan fingerprint density at radius 3 is 1.58 bits per heavy atom. The molecule has 0 unspecified atom stereocenters. The molecule has 0 radical (unpaired) electrons. The summed E-state index contributed by atoms with van der Waals surface area (Å²) in [6.07, 6.45) is 0. The quantitative estimate of drug-likeness (QED) is 0.551. The normalized spacial score (nSPS) is 7.92. The van der Waals surface area contributed by atoms with Crippen LogP contribution in [0.1, 0.15) is 16.7 Å². The topological polar surface area (TPSA) is 47.7 Å². The van der Waals surface area contributed by atoms with Crippen molar-refractivity contribution in [2.45, 2.75) is 20.8 Å². The van der Waals surface area contributed by atoms with Crippen LogP contribution in [0, 0.1) is 31.6 Å². The van der Waals surface area contributed by atoms with Crippen LogP contribution in [0.4, 0.5) is 0 Å². The minimum Gasteiger partial charge on any atom is -0.242 e. The van der Waals surface area contributed by atoms with Gasteiger partial charge in [0, 0.05) is 0 Å². The number of hydrogen-bond donors (Lipinski definition) is 2. The Morgan fingerprint density at radius 2 is 1.33 bits per heavy atom. The average Bonchev–Trinajstić information content (AvgIpc) is 2.02. The summed E-state index contributed by atoms with van der Waals surface area (Å²) in [5.41, 5.74) is 4.18. The van der Waals surface area contributed by atoms with Gasteiger partial charge in [-0.3, -0.25) is 0 Å². The molecule has 0 spiro atoms. The van der Waals surface area contributed by atoms with E-state index in [2.05, 4.69) is 39.0 Å². The van der Waals surface area contributed by atoms with Crippen LogP contribution in [-0.2, 0) is 0 Å². The van der Waals surface area contributed by atoms with Gasteiger partial charge >= 0.3 is 0 Å². The molecule has 1 aromatic carbocycles. The van der Waals surface area contributed by atoms with Gasteiger partial charge in [-0.05, 0) is 37.5 Å². The predicted octanol–water partition coefficient (Wildman–Crippen LogP) is 2.93. The first-order valence-electron chi connectivity index (χ1n) is 3.74.